The molecule has 0 saturated heterocycles. The highest BCUT2D eigenvalue weighted by Crippen LogP contribution is 2.38. The molecule has 0 aliphatic heterocycles. The van der Waals surface area contributed by atoms with E-state index in [1.807, 2.05) is 27.2 Å². The molecule has 8 nitrogen and oxygen atoms in total. The second kappa shape index (κ2) is 59.5. The fourth-order valence-corrected chi connectivity index (χ4v) is 9.63. The first-order valence-electron chi connectivity index (χ1n) is 32.4. The summed E-state index contributed by atoms with van der Waals surface area (Å²) in [5.74, 6) is -0.219. The van der Waals surface area contributed by atoms with E-state index < -0.39 is 26.6 Å². The van der Waals surface area contributed by atoms with Gasteiger partial charge in [0.05, 0.1) is 39.9 Å². The first-order valence-corrected chi connectivity index (χ1v) is 33.9. The number of quaternary nitrogens is 1. The zero-order chi connectivity index (χ0) is 57.7. The van der Waals surface area contributed by atoms with E-state index in [0.29, 0.717) is 17.4 Å². The van der Waals surface area contributed by atoms with Crippen LogP contribution in [0.1, 0.15) is 264 Å². The summed E-state index contributed by atoms with van der Waals surface area (Å²) in [6.07, 6.45) is 88.6. The molecule has 0 aliphatic carbocycles. The molecule has 2 N–H and O–H groups in total. The Labute approximate surface area is 488 Å². The largest absolute Gasteiger partial charge is 0.756 e. The maximum absolute atomic E-state index is 13.0. The number of carbonyl (C=O) groups is 1. The predicted molar refractivity (Wildman–Crippen MR) is 343 cm³/mol. The summed E-state index contributed by atoms with van der Waals surface area (Å²) >= 11 is 0. The minimum absolute atomic E-state index is 0.0112. The maximum atomic E-state index is 13.0. The number of hydrogen-bond donors (Lipinski definition) is 2. The summed E-state index contributed by atoms with van der Waals surface area (Å²) < 4.78 is 23.4. The van der Waals surface area contributed by atoms with Gasteiger partial charge in [-0.2, -0.15) is 0 Å². The van der Waals surface area contributed by atoms with Gasteiger partial charge in [0, 0.05) is 6.42 Å². The molecule has 3 atom stereocenters. The van der Waals surface area contributed by atoms with E-state index in [9.17, 15) is 19.4 Å². The van der Waals surface area contributed by atoms with Crippen molar-refractivity contribution < 1.29 is 32.9 Å². The molecule has 79 heavy (non-hydrogen) atoms. The third kappa shape index (κ3) is 62.4. The highest BCUT2D eigenvalue weighted by molar-refractivity contribution is 7.45. The van der Waals surface area contributed by atoms with E-state index in [4.69, 9.17) is 9.05 Å². The highest BCUT2D eigenvalue weighted by atomic mass is 31.2. The Kier molecular flexibility index (Phi) is 57.2. The summed E-state index contributed by atoms with van der Waals surface area (Å²) in [5.41, 5.74) is 0. The van der Waals surface area contributed by atoms with Crippen LogP contribution in [0.2, 0.25) is 0 Å². The van der Waals surface area contributed by atoms with Crippen LogP contribution in [0.25, 0.3) is 0 Å². The van der Waals surface area contributed by atoms with Crippen LogP contribution in [0, 0.1) is 0 Å². The van der Waals surface area contributed by atoms with Gasteiger partial charge >= 0.3 is 0 Å². The standard InChI is InChI=1S/C70H123N2O6P/c1-6-8-10-12-14-16-18-20-22-24-26-28-30-32-33-34-35-36-37-38-39-40-42-44-46-48-50-52-54-56-58-60-62-64-70(74)71-68(67-78-79(75,76)77-66-65-72(3,4)5)69(73)63-61-59-57-55-53-51-49-47-45-43-41-31-29-27-25-23-21-19-17-15-13-11-9-7-2/h8,10,14,16,20,22,26,28,32-33,35-36,38-39,42,44,48,50,61,63,68-69,73H,6-7,9,11-13,15,17-19,21,23-25,27,29-31,34,37,40-41,43,45-47,49,51-60,62,64-67H2,1-5H3,(H-,71,74,75,76)/b10-8-,16-14-,22-20-,28-26-,33-32-,36-35-,39-38-,44-42-,50-48-,63-61+. The van der Waals surface area contributed by atoms with Crippen LogP contribution in [-0.2, 0) is 18.4 Å². The molecule has 0 aromatic rings. The number of nitrogens with zero attached hydrogens (tertiary/aromatic N) is 1. The van der Waals surface area contributed by atoms with Crippen LogP contribution in [0.3, 0.4) is 0 Å². The number of amides is 1. The number of rotatable bonds is 58. The molecule has 1 amide bonds. The number of phosphoric acid groups is 1. The van der Waals surface area contributed by atoms with E-state index >= 15 is 0 Å². The quantitative estimate of drug-likeness (QED) is 0.0272. The Morgan fingerprint density at radius 3 is 1.13 bits per heavy atom. The van der Waals surface area contributed by atoms with Gasteiger partial charge in [0.1, 0.15) is 13.2 Å². The second-order valence-corrected chi connectivity index (χ2v) is 24.1. The van der Waals surface area contributed by atoms with Gasteiger partial charge in [0.15, 0.2) is 0 Å². The zero-order valence-corrected chi connectivity index (χ0v) is 52.7. The third-order valence-electron chi connectivity index (χ3n) is 13.9. The molecule has 0 fully saturated rings. The van der Waals surface area contributed by atoms with E-state index in [1.165, 1.54) is 128 Å². The van der Waals surface area contributed by atoms with Gasteiger partial charge < -0.3 is 28.8 Å². The van der Waals surface area contributed by atoms with Gasteiger partial charge in [0.2, 0.25) is 5.91 Å². The van der Waals surface area contributed by atoms with Gasteiger partial charge in [-0.25, -0.2) is 0 Å². The van der Waals surface area contributed by atoms with Crippen LogP contribution in [-0.4, -0.2) is 68.5 Å². The molecule has 0 bridgehead atoms. The van der Waals surface area contributed by atoms with Crippen LogP contribution >= 0.6 is 7.82 Å². The van der Waals surface area contributed by atoms with Crippen molar-refractivity contribution in [1.82, 2.24) is 5.32 Å². The van der Waals surface area contributed by atoms with E-state index in [2.05, 4.69) is 129 Å². The predicted octanol–water partition coefficient (Wildman–Crippen LogP) is 19.9. The lowest BCUT2D eigenvalue weighted by atomic mass is 10.0. The van der Waals surface area contributed by atoms with E-state index in [0.717, 1.165) is 116 Å². The summed E-state index contributed by atoms with van der Waals surface area (Å²) in [7, 11) is 1.23. The summed E-state index contributed by atoms with van der Waals surface area (Å²) in [6, 6.07) is -0.908. The molecule has 0 rings (SSSR count). The van der Waals surface area contributed by atoms with Crippen LogP contribution in [0.15, 0.2) is 122 Å². The number of likely N-dealkylation sites (N-methyl/N-ethyl adjacent to an activating group) is 1. The summed E-state index contributed by atoms with van der Waals surface area (Å²) in [5, 5.41) is 13.9. The summed E-state index contributed by atoms with van der Waals surface area (Å²) in [6.45, 7) is 4.53. The molecule has 0 heterocycles. The Balaban J connectivity index is 4.24. The number of nitrogens with one attached hydrogen (secondary N) is 1. The van der Waals surface area contributed by atoms with Crippen LogP contribution < -0.4 is 10.2 Å². The lowest BCUT2D eigenvalue weighted by molar-refractivity contribution is -0.870. The van der Waals surface area contributed by atoms with Gasteiger partial charge in [-0.05, 0) is 89.9 Å². The number of carbonyl (C=O) groups excluding carboxylic acids is 1. The van der Waals surface area contributed by atoms with Crippen molar-refractivity contribution in [2.75, 3.05) is 40.9 Å². The second-order valence-electron chi connectivity index (χ2n) is 22.7. The number of aliphatic hydroxyl groups is 1. The van der Waals surface area contributed by atoms with Crippen LogP contribution in [0.5, 0.6) is 0 Å². The monoisotopic (exact) mass is 1120 g/mol. The molecule has 0 saturated carbocycles. The Hall–Kier alpha value is -3.10. The minimum Gasteiger partial charge on any atom is -0.756 e. The molecule has 454 valence electrons. The third-order valence-corrected chi connectivity index (χ3v) is 14.9. The lowest BCUT2D eigenvalue weighted by Crippen LogP contribution is -2.45. The molecule has 0 aromatic carbocycles. The Morgan fingerprint density at radius 2 is 0.772 bits per heavy atom. The summed E-state index contributed by atoms with van der Waals surface area (Å²) in [4.78, 5) is 25.6. The molecule has 9 heteroatoms. The van der Waals surface area contributed by atoms with Crippen molar-refractivity contribution in [1.29, 1.82) is 0 Å². The fourth-order valence-electron chi connectivity index (χ4n) is 8.91. The topological polar surface area (TPSA) is 108 Å². The number of phosphoric ester groups is 1. The number of unbranched alkanes of at least 4 members (excludes halogenated alkanes) is 27. The fraction of sp³-hybridized carbons (Fsp3) is 0.700. The average Bonchev–Trinajstić information content (AvgIpc) is 3.42. The number of hydrogen-bond acceptors (Lipinski definition) is 6. The first kappa shape index (κ1) is 75.9. The Morgan fingerprint density at radius 1 is 0.456 bits per heavy atom. The van der Waals surface area contributed by atoms with Crippen molar-refractivity contribution in [2.24, 2.45) is 0 Å². The number of allylic oxidation sites excluding steroid dienone is 19. The van der Waals surface area contributed by atoms with Crippen molar-refractivity contribution in [3.8, 4) is 0 Å². The molecular formula is C70H123N2O6P. The first-order chi connectivity index (χ1) is 38.5. The average molecular weight is 1120 g/mol. The van der Waals surface area contributed by atoms with Gasteiger partial charge in [-0.15, -0.1) is 0 Å². The number of aliphatic hydroxyl groups excluding tert-OH is 1. The van der Waals surface area contributed by atoms with Crippen molar-refractivity contribution in [2.45, 2.75) is 276 Å². The van der Waals surface area contributed by atoms with Crippen molar-refractivity contribution in [3.63, 3.8) is 0 Å². The molecule has 3 unspecified atom stereocenters. The van der Waals surface area contributed by atoms with E-state index in [-0.39, 0.29) is 12.5 Å². The minimum atomic E-state index is -4.62. The molecule has 0 aromatic heterocycles. The molecule has 0 spiro atoms. The van der Waals surface area contributed by atoms with Gasteiger partial charge in [0.25, 0.3) is 7.82 Å². The molecular weight excluding hydrogens is 996 g/mol. The van der Waals surface area contributed by atoms with Gasteiger partial charge in [-0.1, -0.05) is 289 Å². The van der Waals surface area contributed by atoms with Gasteiger partial charge in [-0.3, -0.25) is 9.36 Å². The maximum Gasteiger partial charge on any atom is 0.268 e. The van der Waals surface area contributed by atoms with Crippen molar-refractivity contribution >= 4 is 13.7 Å². The lowest BCUT2D eigenvalue weighted by Gasteiger charge is -2.29. The van der Waals surface area contributed by atoms with Crippen molar-refractivity contribution in [3.05, 3.63) is 122 Å². The Bertz CT molecular complexity index is 1700. The molecule has 0 radical (unpaired) electrons. The normalized spacial score (nSPS) is 14.6. The van der Waals surface area contributed by atoms with E-state index in [1.54, 1.807) is 6.08 Å². The zero-order valence-electron chi connectivity index (χ0n) is 51.8. The SMILES string of the molecule is CC/C=C\C/C=C\C/C=C\C/C=C\C/C=C\C/C=C\C/C=C\C/C=C\C/C=C\CCCCCCCC(=O)NC(COP(=O)([O-])OCC[N+](C)(C)C)C(O)/C=C/CCCCCCCCCCCCCCCCCCCCCCCC. The highest BCUT2D eigenvalue weighted by Gasteiger charge is 2.23. The smallest absolute Gasteiger partial charge is 0.268 e. The van der Waals surface area contributed by atoms with Crippen LogP contribution in [0.4, 0.5) is 0 Å². The molecule has 0 aliphatic rings.